The van der Waals surface area contributed by atoms with Gasteiger partial charge in [-0.05, 0) is 25.5 Å². The molecule has 0 bridgehead atoms. The van der Waals surface area contributed by atoms with Gasteiger partial charge in [0, 0.05) is 9.75 Å². The topological polar surface area (TPSA) is 86.0 Å². The molecule has 0 spiro atoms. The molecule has 0 aliphatic carbocycles. The largest absolute Gasteiger partial charge is 0.467 e. The highest BCUT2D eigenvalue weighted by atomic mass is 32.1. The number of thiophene rings is 1. The molecule has 0 saturated carbocycles. The van der Waals surface area contributed by atoms with Crippen LogP contribution in [-0.2, 0) is 6.54 Å². The zero-order valence-electron chi connectivity index (χ0n) is 10.5. The molecule has 0 aliphatic heterocycles. The molecule has 18 heavy (non-hydrogen) atoms. The van der Waals surface area contributed by atoms with Gasteiger partial charge in [-0.2, -0.15) is 15.0 Å². The highest BCUT2D eigenvalue weighted by molar-refractivity contribution is 7.12. The van der Waals surface area contributed by atoms with Gasteiger partial charge >= 0.3 is 6.01 Å². The van der Waals surface area contributed by atoms with Crippen LogP contribution in [0.1, 0.15) is 15.3 Å². The van der Waals surface area contributed by atoms with Gasteiger partial charge in [-0.1, -0.05) is 0 Å². The Labute approximate surface area is 109 Å². The average Bonchev–Trinajstić information content (AvgIpc) is 2.65. The molecule has 0 radical (unpaired) electrons. The predicted molar refractivity (Wildman–Crippen MR) is 71.9 cm³/mol. The van der Waals surface area contributed by atoms with Gasteiger partial charge in [-0.3, -0.25) is 0 Å². The summed E-state index contributed by atoms with van der Waals surface area (Å²) in [5, 5.41) is 3.11. The van der Waals surface area contributed by atoms with E-state index in [9.17, 15) is 0 Å². The molecule has 0 atom stereocenters. The van der Waals surface area contributed by atoms with E-state index in [1.807, 2.05) is 0 Å². The van der Waals surface area contributed by atoms with E-state index in [-0.39, 0.29) is 12.0 Å². The highest BCUT2D eigenvalue weighted by Gasteiger charge is 2.06. The van der Waals surface area contributed by atoms with Crippen LogP contribution in [0.5, 0.6) is 6.01 Å². The van der Waals surface area contributed by atoms with E-state index in [1.165, 1.54) is 22.4 Å². The molecule has 0 aromatic carbocycles. The van der Waals surface area contributed by atoms with Crippen LogP contribution in [0, 0.1) is 13.8 Å². The molecule has 2 aromatic rings. The molecule has 2 heterocycles. The summed E-state index contributed by atoms with van der Waals surface area (Å²) in [6.45, 7) is 4.86. The molecule has 3 N–H and O–H groups in total. The van der Waals surface area contributed by atoms with Crippen molar-refractivity contribution < 1.29 is 4.74 Å². The molecular weight excluding hydrogens is 250 g/mol. The summed E-state index contributed by atoms with van der Waals surface area (Å²) in [5.74, 6) is 0.561. The molecule has 0 aliphatic rings. The Balaban J connectivity index is 2.07. The van der Waals surface area contributed by atoms with Gasteiger partial charge in [0.2, 0.25) is 11.9 Å². The van der Waals surface area contributed by atoms with Gasteiger partial charge in [0.05, 0.1) is 13.7 Å². The number of methoxy groups -OCH3 is 1. The van der Waals surface area contributed by atoms with Crippen LogP contribution < -0.4 is 15.8 Å². The maximum Gasteiger partial charge on any atom is 0.322 e. The Morgan fingerprint density at radius 1 is 1.33 bits per heavy atom. The second kappa shape index (κ2) is 5.18. The zero-order chi connectivity index (χ0) is 13.1. The third-order valence-corrected chi connectivity index (χ3v) is 3.61. The van der Waals surface area contributed by atoms with E-state index in [1.54, 1.807) is 11.3 Å². The second-order valence-corrected chi connectivity index (χ2v) is 5.15. The van der Waals surface area contributed by atoms with Gasteiger partial charge in [-0.15, -0.1) is 11.3 Å². The first kappa shape index (κ1) is 12.6. The molecule has 0 amide bonds. The van der Waals surface area contributed by atoms with Gasteiger partial charge < -0.3 is 15.8 Å². The number of hydrogen-bond donors (Lipinski definition) is 2. The van der Waals surface area contributed by atoms with E-state index in [0.717, 1.165) is 0 Å². The fourth-order valence-corrected chi connectivity index (χ4v) is 2.44. The Hall–Kier alpha value is -1.89. The van der Waals surface area contributed by atoms with Crippen LogP contribution >= 0.6 is 11.3 Å². The van der Waals surface area contributed by atoms with Crippen molar-refractivity contribution in [2.24, 2.45) is 0 Å². The number of anilines is 2. The number of ether oxygens (including phenoxy) is 1. The number of aryl methyl sites for hydroxylation is 2. The van der Waals surface area contributed by atoms with Gasteiger partial charge in [0.25, 0.3) is 0 Å². The summed E-state index contributed by atoms with van der Waals surface area (Å²) in [4.78, 5) is 14.4. The minimum Gasteiger partial charge on any atom is -0.467 e. The Morgan fingerprint density at radius 3 is 2.72 bits per heavy atom. The van der Waals surface area contributed by atoms with Crippen LogP contribution in [0.3, 0.4) is 0 Å². The summed E-state index contributed by atoms with van der Waals surface area (Å²) in [6, 6.07) is 2.36. The normalized spacial score (nSPS) is 10.4. The standard InChI is InChI=1S/C11H15N5OS/c1-6-4-8(18-7(6)2)5-13-10-14-9(12)15-11(16-10)17-3/h4H,5H2,1-3H3,(H3,12,13,14,15,16). The molecule has 6 nitrogen and oxygen atoms in total. The van der Waals surface area contributed by atoms with Crippen molar-refractivity contribution in [3.8, 4) is 6.01 Å². The van der Waals surface area contributed by atoms with Crippen molar-refractivity contribution in [2.45, 2.75) is 20.4 Å². The number of nitrogens with two attached hydrogens (primary N) is 1. The second-order valence-electron chi connectivity index (χ2n) is 3.81. The molecule has 7 heteroatoms. The molecular formula is C11H15N5OS. The van der Waals surface area contributed by atoms with E-state index in [2.05, 4.69) is 40.2 Å². The Bertz CT molecular complexity index is 535. The van der Waals surface area contributed by atoms with Crippen LogP contribution in [0.25, 0.3) is 0 Å². The van der Waals surface area contributed by atoms with Gasteiger partial charge in [-0.25, -0.2) is 0 Å². The monoisotopic (exact) mass is 265 g/mol. The van der Waals surface area contributed by atoms with Crippen molar-refractivity contribution >= 4 is 23.2 Å². The Kier molecular flexibility index (Phi) is 3.61. The molecule has 2 aromatic heterocycles. The first-order valence-electron chi connectivity index (χ1n) is 5.44. The number of hydrogen-bond acceptors (Lipinski definition) is 7. The molecule has 96 valence electrons. The fourth-order valence-electron chi connectivity index (χ4n) is 1.45. The zero-order valence-corrected chi connectivity index (χ0v) is 11.3. The fraction of sp³-hybridized carbons (Fsp3) is 0.364. The van der Waals surface area contributed by atoms with Crippen molar-refractivity contribution in [3.63, 3.8) is 0 Å². The smallest absolute Gasteiger partial charge is 0.322 e. The van der Waals surface area contributed by atoms with E-state index < -0.39 is 0 Å². The van der Waals surface area contributed by atoms with Crippen molar-refractivity contribution in [1.29, 1.82) is 0 Å². The summed E-state index contributed by atoms with van der Waals surface area (Å²) in [5.41, 5.74) is 6.85. The average molecular weight is 265 g/mol. The van der Waals surface area contributed by atoms with Crippen LogP contribution in [-0.4, -0.2) is 22.1 Å². The number of nitrogen functional groups attached to an aromatic ring is 1. The maximum absolute atomic E-state index is 5.55. The van der Waals surface area contributed by atoms with Crippen molar-refractivity contribution in [3.05, 3.63) is 21.4 Å². The van der Waals surface area contributed by atoms with Crippen LogP contribution in [0.2, 0.25) is 0 Å². The first-order valence-corrected chi connectivity index (χ1v) is 6.25. The quantitative estimate of drug-likeness (QED) is 0.876. The minimum atomic E-state index is 0.142. The number of rotatable bonds is 4. The number of nitrogens with one attached hydrogen (secondary N) is 1. The predicted octanol–water partition coefficient (Wildman–Crippen LogP) is 1.75. The highest BCUT2D eigenvalue weighted by Crippen LogP contribution is 2.21. The first-order chi connectivity index (χ1) is 8.58. The SMILES string of the molecule is COc1nc(N)nc(NCc2cc(C)c(C)s2)n1. The number of aromatic nitrogens is 3. The lowest BCUT2D eigenvalue weighted by atomic mass is 10.3. The molecule has 0 saturated heterocycles. The summed E-state index contributed by atoms with van der Waals surface area (Å²) >= 11 is 1.75. The summed E-state index contributed by atoms with van der Waals surface area (Å²) in [6.07, 6.45) is 0. The maximum atomic E-state index is 5.55. The van der Waals surface area contributed by atoms with E-state index in [0.29, 0.717) is 12.5 Å². The van der Waals surface area contributed by atoms with Gasteiger partial charge in [0.15, 0.2) is 0 Å². The summed E-state index contributed by atoms with van der Waals surface area (Å²) in [7, 11) is 1.49. The molecule has 0 fully saturated rings. The van der Waals surface area contributed by atoms with Crippen LogP contribution in [0.4, 0.5) is 11.9 Å². The molecule has 2 rings (SSSR count). The summed E-state index contributed by atoms with van der Waals surface area (Å²) < 4.78 is 4.93. The molecule has 0 unspecified atom stereocenters. The Morgan fingerprint density at radius 2 is 2.11 bits per heavy atom. The lowest BCUT2D eigenvalue weighted by Crippen LogP contribution is -2.07. The lowest BCUT2D eigenvalue weighted by Gasteiger charge is -2.05. The van der Waals surface area contributed by atoms with Crippen molar-refractivity contribution in [2.75, 3.05) is 18.2 Å². The van der Waals surface area contributed by atoms with E-state index >= 15 is 0 Å². The minimum absolute atomic E-state index is 0.142. The van der Waals surface area contributed by atoms with E-state index in [4.69, 9.17) is 10.5 Å². The van der Waals surface area contributed by atoms with Crippen LogP contribution in [0.15, 0.2) is 6.07 Å². The lowest BCUT2D eigenvalue weighted by molar-refractivity contribution is 0.379. The number of nitrogens with zero attached hydrogens (tertiary/aromatic N) is 3. The van der Waals surface area contributed by atoms with Gasteiger partial charge in [0.1, 0.15) is 0 Å². The third-order valence-electron chi connectivity index (χ3n) is 2.45. The van der Waals surface area contributed by atoms with Crippen molar-refractivity contribution in [1.82, 2.24) is 15.0 Å². The third kappa shape index (κ3) is 2.86.